The summed E-state index contributed by atoms with van der Waals surface area (Å²) in [5, 5.41) is 8.74. The molecule has 0 amide bonds. The van der Waals surface area contributed by atoms with Gasteiger partial charge in [0.1, 0.15) is 0 Å². The van der Waals surface area contributed by atoms with E-state index in [4.69, 9.17) is 5.11 Å². The molecule has 4 heteroatoms. The Hall–Kier alpha value is -1.00. The van der Waals surface area contributed by atoms with E-state index in [9.17, 15) is 4.79 Å². The summed E-state index contributed by atoms with van der Waals surface area (Å²) in [7, 11) is 1.95. The fourth-order valence-corrected chi connectivity index (χ4v) is 1.99. The van der Waals surface area contributed by atoms with Gasteiger partial charge >= 0.3 is 5.97 Å². The predicted molar refractivity (Wildman–Crippen MR) is 71.4 cm³/mol. The molecule has 1 atom stereocenters. The van der Waals surface area contributed by atoms with Gasteiger partial charge < -0.3 is 5.11 Å². The lowest BCUT2D eigenvalue weighted by Gasteiger charge is -2.23. The molecule has 1 rings (SSSR count). The average Bonchev–Trinajstić information content (AvgIpc) is 2.29. The molecule has 0 aliphatic rings. The first-order valence-corrected chi connectivity index (χ1v) is 6.80. The minimum atomic E-state index is -0.748. The molecular weight excluding hydrogens is 234 g/mol. The third kappa shape index (κ3) is 4.79. The molecular formula is C13H19NO2S. The van der Waals surface area contributed by atoms with Crippen molar-refractivity contribution < 1.29 is 9.90 Å². The Morgan fingerprint density at radius 3 is 2.47 bits per heavy atom. The van der Waals surface area contributed by atoms with E-state index in [2.05, 4.69) is 35.4 Å². The summed E-state index contributed by atoms with van der Waals surface area (Å²) in [5.41, 5.74) is 1.21. The maximum absolute atomic E-state index is 10.6. The van der Waals surface area contributed by atoms with E-state index in [1.165, 1.54) is 10.5 Å². The molecule has 0 bridgehead atoms. The van der Waals surface area contributed by atoms with Crippen molar-refractivity contribution in [3.05, 3.63) is 29.8 Å². The second-order valence-electron chi connectivity index (χ2n) is 4.21. The number of aliphatic carboxylic acids is 1. The number of carboxylic acids is 1. The molecule has 0 aliphatic heterocycles. The van der Waals surface area contributed by atoms with Crippen LogP contribution in [0.2, 0.25) is 0 Å². The van der Waals surface area contributed by atoms with Crippen molar-refractivity contribution in [2.75, 3.05) is 13.3 Å². The van der Waals surface area contributed by atoms with Gasteiger partial charge in [-0.05, 0) is 37.9 Å². The van der Waals surface area contributed by atoms with Crippen molar-refractivity contribution in [1.82, 2.24) is 4.90 Å². The van der Waals surface area contributed by atoms with Crippen LogP contribution in [0.25, 0.3) is 0 Å². The van der Waals surface area contributed by atoms with E-state index in [1.807, 2.05) is 14.0 Å². The van der Waals surface area contributed by atoms with Crippen molar-refractivity contribution in [1.29, 1.82) is 0 Å². The zero-order chi connectivity index (χ0) is 12.8. The highest BCUT2D eigenvalue weighted by molar-refractivity contribution is 7.98. The summed E-state index contributed by atoms with van der Waals surface area (Å²) in [6.07, 6.45) is 2.23. The molecule has 1 aromatic rings. The summed E-state index contributed by atoms with van der Waals surface area (Å²) in [6.45, 7) is 2.72. The Morgan fingerprint density at radius 2 is 2.00 bits per heavy atom. The summed E-state index contributed by atoms with van der Waals surface area (Å²) in [6, 6.07) is 8.42. The van der Waals surface area contributed by atoms with Crippen LogP contribution in [0.15, 0.2) is 29.2 Å². The predicted octanol–water partition coefficient (Wildman–Crippen LogP) is 2.70. The molecule has 1 unspecified atom stereocenters. The zero-order valence-electron chi connectivity index (χ0n) is 10.5. The third-order valence-electron chi connectivity index (χ3n) is 2.81. The largest absolute Gasteiger partial charge is 0.481 e. The molecule has 0 saturated heterocycles. The number of nitrogens with zero attached hydrogens (tertiary/aromatic N) is 1. The number of carboxylic acid groups (broad SMARTS) is 1. The van der Waals surface area contributed by atoms with Crippen molar-refractivity contribution >= 4 is 17.7 Å². The summed E-state index contributed by atoms with van der Waals surface area (Å²) in [5.74, 6) is -0.748. The van der Waals surface area contributed by atoms with E-state index in [-0.39, 0.29) is 12.5 Å². The van der Waals surface area contributed by atoms with Crippen molar-refractivity contribution in [3.8, 4) is 0 Å². The van der Waals surface area contributed by atoms with Gasteiger partial charge in [0.15, 0.2) is 0 Å². The smallest absolute Gasteiger partial charge is 0.304 e. The molecule has 0 radical (unpaired) electrons. The first-order chi connectivity index (χ1) is 8.02. The Morgan fingerprint density at radius 1 is 1.41 bits per heavy atom. The quantitative estimate of drug-likeness (QED) is 0.791. The van der Waals surface area contributed by atoms with Gasteiger partial charge in [0.25, 0.3) is 0 Å². The minimum absolute atomic E-state index is 0.0488. The third-order valence-corrected chi connectivity index (χ3v) is 3.56. The van der Waals surface area contributed by atoms with Gasteiger partial charge in [-0.1, -0.05) is 12.1 Å². The summed E-state index contributed by atoms with van der Waals surface area (Å²) >= 11 is 1.72. The average molecular weight is 253 g/mol. The van der Waals surface area contributed by atoms with Crippen molar-refractivity contribution in [2.24, 2.45) is 0 Å². The van der Waals surface area contributed by atoms with E-state index in [1.54, 1.807) is 11.8 Å². The Bertz CT molecular complexity index is 364. The molecule has 0 aromatic heterocycles. The number of hydrogen-bond acceptors (Lipinski definition) is 3. The molecule has 17 heavy (non-hydrogen) atoms. The monoisotopic (exact) mass is 253 g/mol. The van der Waals surface area contributed by atoms with Gasteiger partial charge in [-0.3, -0.25) is 9.69 Å². The van der Waals surface area contributed by atoms with Crippen LogP contribution in [-0.4, -0.2) is 35.3 Å². The highest BCUT2D eigenvalue weighted by Gasteiger charge is 2.13. The highest BCUT2D eigenvalue weighted by atomic mass is 32.2. The van der Waals surface area contributed by atoms with Crippen LogP contribution in [0.3, 0.4) is 0 Å². The van der Waals surface area contributed by atoms with Crippen molar-refractivity contribution in [3.63, 3.8) is 0 Å². The van der Waals surface area contributed by atoms with E-state index in [0.717, 1.165) is 6.54 Å². The lowest BCUT2D eigenvalue weighted by atomic mass is 10.1. The van der Waals surface area contributed by atoms with Crippen LogP contribution in [0.5, 0.6) is 0 Å². The second kappa shape index (κ2) is 6.67. The van der Waals surface area contributed by atoms with E-state index >= 15 is 0 Å². The van der Waals surface area contributed by atoms with Crippen LogP contribution in [0.4, 0.5) is 0 Å². The van der Waals surface area contributed by atoms with Gasteiger partial charge in [-0.2, -0.15) is 0 Å². The molecule has 3 nitrogen and oxygen atoms in total. The molecule has 0 heterocycles. The first kappa shape index (κ1) is 14.1. The lowest BCUT2D eigenvalue weighted by molar-refractivity contribution is -0.138. The maximum atomic E-state index is 10.6. The van der Waals surface area contributed by atoms with Crippen LogP contribution >= 0.6 is 11.8 Å². The van der Waals surface area contributed by atoms with Gasteiger partial charge in [0.2, 0.25) is 0 Å². The molecule has 1 aromatic carbocycles. The highest BCUT2D eigenvalue weighted by Crippen LogP contribution is 2.16. The lowest BCUT2D eigenvalue weighted by Crippen LogP contribution is -2.30. The van der Waals surface area contributed by atoms with Crippen LogP contribution in [0, 0.1) is 0 Å². The van der Waals surface area contributed by atoms with Crippen LogP contribution in [-0.2, 0) is 11.3 Å². The Labute approximate surface area is 107 Å². The molecule has 0 spiro atoms. The fraction of sp³-hybridized carbons (Fsp3) is 0.462. The van der Waals surface area contributed by atoms with Crippen molar-refractivity contribution in [2.45, 2.75) is 30.8 Å². The normalized spacial score (nSPS) is 12.7. The maximum Gasteiger partial charge on any atom is 0.304 e. The number of rotatable bonds is 6. The van der Waals surface area contributed by atoms with Gasteiger partial charge in [0, 0.05) is 17.5 Å². The number of benzene rings is 1. The number of hydrogen-bond donors (Lipinski definition) is 1. The number of carbonyl (C=O) groups is 1. The topological polar surface area (TPSA) is 40.5 Å². The van der Waals surface area contributed by atoms with Gasteiger partial charge in [-0.15, -0.1) is 11.8 Å². The first-order valence-electron chi connectivity index (χ1n) is 5.58. The Balaban J connectivity index is 2.54. The molecule has 0 fully saturated rings. The van der Waals surface area contributed by atoms with E-state index in [0.29, 0.717) is 0 Å². The SMILES string of the molecule is CSc1ccc(CN(C)C(C)CC(=O)O)cc1. The number of thioether (sulfide) groups is 1. The standard InChI is InChI=1S/C13H19NO2S/c1-10(8-13(15)16)14(2)9-11-4-6-12(17-3)7-5-11/h4-7,10H,8-9H2,1-3H3,(H,15,16). The molecule has 0 saturated carbocycles. The minimum Gasteiger partial charge on any atom is -0.481 e. The Kier molecular flexibility index (Phi) is 5.51. The van der Waals surface area contributed by atoms with E-state index < -0.39 is 5.97 Å². The molecule has 1 N–H and O–H groups in total. The van der Waals surface area contributed by atoms with Crippen LogP contribution in [0.1, 0.15) is 18.9 Å². The fourth-order valence-electron chi connectivity index (χ4n) is 1.58. The van der Waals surface area contributed by atoms with Gasteiger partial charge in [0.05, 0.1) is 6.42 Å². The van der Waals surface area contributed by atoms with Crippen LogP contribution < -0.4 is 0 Å². The molecule has 94 valence electrons. The van der Waals surface area contributed by atoms with Gasteiger partial charge in [-0.25, -0.2) is 0 Å². The summed E-state index contributed by atoms with van der Waals surface area (Å²) < 4.78 is 0. The zero-order valence-corrected chi connectivity index (χ0v) is 11.3. The summed E-state index contributed by atoms with van der Waals surface area (Å²) in [4.78, 5) is 13.9. The second-order valence-corrected chi connectivity index (χ2v) is 5.09. The molecule has 0 aliphatic carbocycles.